The minimum absolute atomic E-state index is 0.0760. The Morgan fingerprint density at radius 2 is 2.11 bits per heavy atom. The zero-order chi connectivity index (χ0) is 14.3. The van der Waals surface area contributed by atoms with Crippen LogP contribution >= 0.6 is 0 Å². The second-order valence-electron chi connectivity index (χ2n) is 5.43. The highest BCUT2D eigenvalue weighted by atomic mass is 19.1. The normalized spacial score (nSPS) is 12.3. The third kappa shape index (κ3) is 7.28. The molecule has 1 aromatic carbocycles. The van der Waals surface area contributed by atoms with E-state index in [4.69, 9.17) is 5.73 Å². The van der Waals surface area contributed by atoms with Crippen LogP contribution in [0.5, 0.6) is 0 Å². The largest absolute Gasteiger partial charge is 0.385 e. The minimum atomic E-state index is -0.235. The van der Waals surface area contributed by atoms with Gasteiger partial charge in [-0.3, -0.25) is 4.99 Å². The van der Waals surface area contributed by atoms with Crippen molar-refractivity contribution in [2.24, 2.45) is 10.7 Å². The van der Waals surface area contributed by atoms with E-state index in [2.05, 4.69) is 15.6 Å². The molecule has 0 aliphatic carbocycles. The Morgan fingerprint density at radius 3 is 2.74 bits per heavy atom. The van der Waals surface area contributed by atoms with Gasteiger partial charge in [0.2, 0.25) is 0 Å². The third-order valence-corrected chi connectivity index (χ3v) is 2.27. The van der Waals surface area contributed by atoms with Crippen LogP contribution in [0.4, 0.5) is 10.1 Å². The SMILES string of the molecule is CC(C)(C)NC(N)=NCCCNc1cccc(F)c1. The number of nitrogens with zero attached hydrogens (tertiary/aromatic N) is 1. The van der Waals surface area contributed by atoms with E-state index < -0.39 is 0 Å². The van der Waals surface area contributed by atoms with Crippen LogP contribution in [0.1, 0.15) is 27.2 Å². The molecule has 0 unspecified atom stereocenters. The molecular weight excluding hydrogens is 243 g/mol. The monoisotopic (exact) mass is 266 g/mol. The lowest BCUT2D eigenvalue weighted by Gasteiger charge is -2.20. The fourth-order valence-corrected chi connectivity index (χ4v) is 1.53. The van der Waals surface area contributed by atoms with Crippen LogP contribution in [0, 0.1) is 5.82 Å². The summed E-state index contributed by atoms with van der Waals surface area (Å²) in [5, 5.41) is 6.23. The number of benzene rings is 1. The van der Waals surface area contributed by atoms with Crippen molar-refractivity contribution in [1.29, 1.82) is 0 Å². The summed E-state index contributed by atoms with van der Waals surface area (Å²) in [7, 11) is 0. The summed E-state index contributed by atoms with van der Waals surface area (Å²) in [6.07, 6.45) is 0.836. The standard InChI is InChI=1S/C14H23FN4/c1-14(2,3)19-13(16)18-9-5-8-17-12-7-4-6-11(15)10-12/h4,6-7,10,17H,5,8-9H2,1-3H3,(H3,16,18,19). The van der Waals surface area contributed by atoms with E-state index in [1.54, 1.807) is 6.07 Å². The molecule has 0 fully saturated rings. The second kappa shape index (κ2) is 6.97. The van der Waals surface area contributed by atoms with Gasteiger partial charge >= 0.3 is 0 Å². The molecular formula is C14H23FN4. The van der Waals surface area contributed by atoms with Gasteiger partial charge in [-0.1, -0.05) is 6.07 Å². The maximum absolute atomic E-state index is 12.9. The number of halogens is 1. The lowest BCUT2D eigenvalue weighted by atomic mass is 10.1. The van der Waals surface area contributed by atoms with Gasteiger partial charge in [0.05, 0.1) is 0 Å². The minimum Gasteiger partial charge on any atom is -0.385 e. The topological polar surface area (TPSA) is 62.4 Å². The number of hydrogen-bond acceptors (Lipinski definition) is 2. The third-order valence-electron chi connectivity index (χ3n) is 2.27. The molecule has 1 rings (SSSR count). The summed E-state index contributed by atoms with van der Waals surface area (Å²) in [6.45, 7) is 7.45. The van der Waals surface area contributed by atoms with Crippen molar-refractivity contribution in [3.8, 4) is 0 Å². The molecule has 0 saturated carbocycles. The Hall–Kier alpha value is -1.78. The zero-order valence-electron chi connectivity index (χ0n) is 11.8. The molecule has 4 N–H and O–H groups in total. The van der Waals surface area contributed by atoms with Crippen molar-refractivity contribution in [3.63, 3.8) is 0 Å². The molecule has 0 amide bonds. The van der Waals surface area contributed by atoms with Crippen LogP contribution in [0.3, 0.4) is 0 Å². The van der Waals surface area contributed by atoms with Gasteiger partial charge in [-0.25, -0.2) is 4.39 Å². The van der Waals surface area contributed by atoms with E-state index in [9.17, 15) is 4.39 Å². The first-order valence-corrected chi connectivity index (χ1v) is 6.44. The summed E-state index contributed by atoms with van der Waals surface area (Å²) in [4.78, 5) is 4.23. The number of guanidine groups is 1. The van der Waals surface area contributed by atoms with Crippen LogP contribution in [0.2, 0.25) is 0 Å². The van der Waals surface area contributed by atoms with Gasteiger partial charge in [0.15, 0.2) is 5.96 Å². The molecule has 0 bridgehead atoms. The van der Waals surface area contributed by atoms with Gasteiger partial charge in [0, 0.05) is 24.3 Å². The fourth-order valence-electron chi connectivity index (χ4n) is 1.53. The molecule has 4 nitrogen and oxygen atoms in total. The number of aliphatic imine (C=N–C) groups is 1. The number of anilines is 1. The van der Waals surface area contributed by atoms with Gasteiger partial charge < -0.3 is 16.4 Å². The Bertz CT molecular complexity index is 424. The highest BCUT2D eigenvalue weighted by molar-refractivity contribution is 5.78. The molecule has 106 valence electrons. The van der Waals surface area contributed by atoms with E-state index in [0.717, 1.165) is 18.7 Å². The average Bonchev–Trinajstić information content (AvgIpc) is 2.26. The summed E-state index contributed by atoms with van der Waals surface area (Å²) in [5.41, 5.74) is 6.45. The van der Waals surface area contributed by atoms with E-state index in [-0.39, 0.29) is 11.4 Å². The predicted molar refractivity (Wildman–Crippen MR) is 78.9 cm³/mol. The van der Waals surface area contributed by atoms with Crippen molar-refractivity contribution in [2.45, 2.75) is 32.7 Å². The van der Waals surface area contributed by atoms with Gasteiger partial charge in [-0.2, -0.15) is 0 Å². The molecule has 19 heavy (non-hydrogen) atoms. The lowest BCUT2D eigenvalue weighted by molar-refractivity contribution is 0.508. The van der Waals surface area contributed by atoms with Crippen molar-refractivity contribution in [1.82, 2.24) is 5.32 Å². The molecule has 0 saturated heterocycles. The summed E-state index contributed by atoms with van der Waals surface area (Å²) in [5.74, 6) is 0.222. The Kier molecular flexibility index (Phi) is 5.60. The molecule has 5 heteroatoms. The van der Waals surface area contributed by atoms with Crippen LogP contribution in [0.15, 0.2) is 29.3 Å². The summed E-state index contributed by atoms with van der Waals surface area (Å²) < 4.78 is 12.9. The molecule has 0 aromatic heterocycles. The molecule has 0 heterocycles. The number of nitrogens with one attached hydrogen (secondary N) is 2. The lowest BCUT2D eigenvalue weighted by Crippen LogP contribution is -2.45. The van der Waals surface area contributed by atoms with Gasteiger partial charge in [-0.05, 0) is 45.4 Å². The molecule has 0 aliphatic heterocycles. The van der Waals surface area contributed by atoms with E-state index in [1.165, 1.54) is 12.1 Å². The van der Waals surface area contributed by atoms with Crippen LogP contribution in [-0.4, -0.2) is 24.6 Å². The van der Waals surface area contributed by atoms with Crippen molar-refractivity contribution in [2.75, 3.05) is 18.4 Å². The van der Waals surface area contributed by atoms with Crippen LogP contribution in [-0.2, 0) is 0 Å². The number of nitrogens with two attached hydrogens (primary N) is 1. The summed E-state index contributed by atoms with van der Waals surface area (Å²) >= 11 is 0. The maximum atomic E-state index is 12.9. The second-order valence-corrected chi connectivity index (χ2v) is 5.43. The molecule has 0 radical (unpaired) electrons. The Balaban J connectivity index is 2.23. The fraction of sp³-hybridized carbons (Fsp3) is 0.500. The highest BCUT2D eigenvalue weighted by Crippen LogP contribution is 2.08. The zero-order valence-corrected chi connectivity index (χ0v) is 11.8. The van der Waals surface area contributed by atoms with Crippen molar-refractivity contribution in [3.05, 3.63) is 30.1 Å². The van der Waals surface area contributed by atoms with E-state index >= 15 is 0 Å². The van der Waals surface area contributed by atoms with Crippen molar-refractivity contribution < 1.29 is 4.39 Å². The van der Waals surface area contributed by atoms with Gasteiger partial charge in [0.1, 0.15) is 5.82 Å². The van der Waals surface area contributed by atoms with Crippen LogP contribution in [0.25, 0.3) is 0 Å². The molecule has 0 spiro atoms. The first-order valence-electron chi connectivity index (χ1n) is 6.44. The maximum Gasteiger partial charge on any atom is 0.188 e. The smallest absolute Gasteiger partial charge is 0.188 e. The molecule has 0 atom stereocenters. The highest BCUT2D eigenvalue weighted by Gasteiger charge is 2.09. The Labute approximate surface area is 114 Å². The number of hydrogen-bond donors (Lipinski definition) is 3. The van der Waals surface area contributed by atoms with Gasteiger partial charge in [-0.15, -0.1) is 0 Å². The molecule has 0 aliphatic rings. The van der Waals surface area contributed by atoms with Crippen molar-refractivity contribution >= 4 is 11.6 Å². The molecule has 1 aromatic rings. The number of rotatable bonds is 5. The first kappa shape index (κ1) is 15.3. The average molecular weight is 266 g/mol. The van der Waals surface area contributed by atoms with Crippen LogP contribution < -0.4 is 16.4 Å². The first-order chi connectivity index (χ1) is 8.87. The van der Waals surface area contributed by atoms with Gasteiger partial charge in [0.25, 0.3) is 0 Å². The predicted octanol–water partition coefficient (Wildman–Crippen LogP) is 2.33. The quantitative estimate of drug-likeness (QED) is 0.435. The van der Waals surface area contributed by atoms with E-state index in [0.29, 0.717) is 12.5 Å². The Morgan fingerprint density at radius 1 is 1.37 bits per heavy atom. The van der Waals surface area contributed by atoms with E-state index in [1.807, 2.05) is 26.8 Å². The summed E-state index contributed by atoms with van der Waals surface area (Å²) in [6, 6.07) is 6.41.